The van der Waals surface area contributed by atoms with Gasteiger partial charge in [-0.15, -0.1) is 12.4 Å². The molecule has 0 saturated carbocycles. The van der Waals surface area contributed by atoms with E-state index in [1.54, 1.807) is 4.90 Å². The van der Waals surface area contributed by atoms with E-state index in [0.717, 1.165) is 24.9 Å². The molecule has 0 aromatic heterocycles. The van der Waals surface area contributed by atoms with Crippen molar-refractivity contribution in [3.63, 3.8) is 0 Å². The Balaban J connectivity index is 0.00000288. The number of hydrogen-bond donors (Lipinski definition) is 2. The van der Waals surface area contributed by atoms with Crippen LogP contribution in [0.3, 0.4) is 0 Å². The molecule has 1 aromatic carbocycles. The number of rotatable bonds is 6. The molecule has 1 saturated heterocycles. The highest BCUT2D eigenvalue weighted by Gasteiger charge is 2.25. The van der Waals surface area contributed by atoms with Crippen LogP contribution in [0.2, 0.25) is 0 Å². The quantitative estimate of drug-likeness (QED) is 0.821. The summed E-state index contributed by atoms with van der Waals surface area (Å²) in [6.45, 7) is 6.20. The van der Waals surface area contributed by atoms with Crippen molar-refractivity contribution in [1.82, 2.24) is 15.5 Å². The minimum Gasteiger partial charge on any atom is -0.347 e. The first-order valence-electron chi connectivity index (χ1n) is 8.43. The molecule has 0 aliphatic carbocycles. The Morgan fingerprint density at radius 1 is 1.29 bits per heavy atom. The number of likely N-dealkylation sites (N-methyl/N-ethyl adjacent to an activating group) is 1. The summed E-state index contributed by atoms with van der Waals surface area (Å²) < 4.78 is 0. The summed E-state index contributed by atoms with van der Waals surface area (Å²) >= 11 is 0. The standard InChI is InChI=1S/C18H27N3O2.ClH/c1-3-21(13-15-7-5-4-6-8-15)17(22)12-20-18(23)16-9-10-19-14(2)11-16;/h4-8,14,16,19H,3,9-13H2,1-2H3,(H,20,23);1H/t14-,16-;/m0./s1. The maximum Gasteiger partial charge on any atom is 0.242 e. The van der Waals surface area contributed by atoms with Crippen molar-refractivity contribution in [2.75, 3.05) is 19.6 Å². The SMILES string of the molecule is CCN(Cc1ccccc1)C(=O)CNC(=O)[C@H]1CCN[C@@H](C)C1.Cl. The lowest BCUT2D eigenvalue weighted by Gasteiger charge is -2.27. The molecule has 0 bridgehead atoms. The van der Waals surface area contributed by atoms with Gasteiger partial charge in [0.2, 0.25) is 11.8 Å². The van der Waals surface area contributed by atoms with E-state index >= 15 is 0 Å². The van der Waals surface area contributed by atoms with Gasteiger partial charge in [0.25, 0.3) is 0 Å². The molecule has 1 aromatic rings. The first-order valence-corrected chi connectivity index (χ1v) is 8.43. The molecule has 0 spiro atoms. The van der Waals surface area contributed by atoms with Crippen molar-refractivity contribution in [3.05, 3.63) is 35.9 Å². The molecule has 2 N–H and O–H groups in total. The van der Waals surface area contributed by atoms with Crippen LogP contribution in [0.5, 0.6) is 0 Å². The summed E-state index contributed by atoms with van der Waals surface area (Å²) in [6, 6.07) is 10.3. The van der Waals surface area contributed by atoms with Gasteiger partial charge in [-0.05, 0) is 38.8 Å². The van der Waals surface area contributed by atoms with Gasteiger partial charge in [-0.1, -0.05) is 30.3 Å². The van der Waals surface area contributed by atoms with Gasteiger partial charge in [-0.2, -0.15) is 0 Å². The number of nitrogens with zero attached hydrogens (tertiary/aromatic N) is 1. The smallest absolute Gasteiger partial charge is 0.242 e. The van der Waals surface area contributed by atoms with Crippen LogP contribution in [0.4, 0.5) is 0 Å². The lowest BCUT2D eigenvalue weighted by molar-refractivity contribution is -0.134. The fourth-order valence-corrected chi connectivity index (χ4v) is 2.97. The number of piperidine rings is 1. The maximum atomic E-state index is 12.3. The van der Waals surface area contributed by atoms with Crippen LogP contribution in [0.15, 0.2) is 30.3 Å². The molecular formula is C18H28ClN3O2. The summed E-state index contributed by atoms with van der Waals surface area (Å²) in [7, 11) is 0. The highest BCUT2D eigenvalue weighted by atomic mass is 35.5. The molecule has 5 nitrogen and oxygen atoms in total. The van der Waals surface area contributed by atoms with Crippen LogP contribution in [0.25, 0.3) is 0 Å². The zero-order valence-electron chi connectivity index (χ0n) is 14.5. The second kappa shape index (κ2) is 10.3. The van der Waals surface area contributed by atoms with Crippen LogP contribution in [0, 0.1) is 5.92 Å². The van der Waals surface area contributed by atoms with Crippen molar-refractivity contribution in [3.8, 4) is 0 Å². The van der Waals surface area contributed by atoms with Gasteiger partial charge in [-0.3, -0.25) is 9.59 Å². The lowest BCUT2D eigenvalue weighted by atomic mass is 9.92. The van der Waals surface area contributed by atoms with Gasteiger partial charge in [0.15, 0.2) is 0 Å². The van der Waals surface area contributed by atoms with E-state index in [0.29, 0.717) is 19.1 Å². The van der Waals surface area contributed by atoms with E-state index in [1.165, 1.54) is 0 Å². The monoisotopic (exact) mass is 353 g/mol. The predicted molar refractivity (Wildman–Crippen MR) is 98.0 cm³/mol. The van der Waals surface area contributed by atoms with Crippen molar-refractivity contribution in [2.24, 2.45) is 5.92 Å². The zero-order valence-corrected chi connectivity index (χ0v) is 15.3. The third kappa shape index (κ3) is 6.13. The molecular weight excluding hydrogens is 326 g/mol. The Bertz CT molecular complexity index is 524. The van der Waals surface area contributed by atoms with Gasteiger partial charge < -0.3 is 15.5 Å². The van der Waals surface area contributed by atoms with Gasteiger partial charge in [-0.25, -0.2) is 0 Å². The molecule has 2 atom stereocenters. The lowest BCUT2D eigenvalue weighted by Crippen LogP contribution is -2.45. The van der Waals surface area contributed by atoms with E-state index in [4.69, 9.17) is 0 Å². The molecule has 24 heavy (non-hydrogen) atoms. The Morgan fingerprint density at radius 2 is 2.00 bits per heavy atom. The molecule has 1 aliphatic rings. The first-order chi connectivity index (χ1) is 11.1. The zero-order chi connectivity index (χ0) is 16.7. The van der Waals surface area contributed by atoms with Crippen LogP contribution in [-0.2, 0) is 16.1 Å². The molecule has 2 rings (SSSR count). The number of halogens is 1. The van der Waals surface area contributed by atoms with Crippen molar-refractivity contribution in [2.45, 2.75) is 39.3 Å². The van der Waals surface area contributed by atoms with Crippen molar-refractivity contribution < 1.29 is 9.59 Å². The molecule has 0 unspecified atom stereocenters. The summed E-state index contributed by atoms with van der Waals surface area (Å²) in [5.74, 6) is -0.0163. The van der Waals surface area contributed by atoms with E-state index in [2.05, 4.69) is 17.6 Å². The summed E-state index contributed by atoms with van der Waals surface area (Å²) in [5.41, 5.74) is 1.10. The number of amides is 2. The van der Waals surface area contributed by atoms with Crippen molar-refractivity contribution >= 4 is 24.2 Å². The second-order valence-corrected chi connectivity index (χ2v) is 6.19. The third-order valence-corrected chi connectivity index (χ3v) is 4.36. The molecule has 1 heterocycles. The minimum absolute atomic E-state index is 0. The Kier molecular flexibility index (Phi) is 8.79. The van der Waals surface area contributed by atoms with Crippen LogP contribution >= 0.6 is 12.4 Å². The number of carbonyl (C=O) groups is 2. The number of carbonyl (C=O) groups excluding carboxylic acids is 2. The topological polar surface area (TPSA) is 61.4 Å². The first kappa shape index (κ1) is 20.5. The molecule has 0 radical (unpaired) electrons. The van der Waals surface area contributed by atoms with Crippen LogP contribution in [0.1, 0.15) is 32.3 Å². The average Bonchev–Trinajstić information content (AvgIpc) is 2.58. The predicted octanol–water partition coefficient (Wildman–Crippen LogP) is 1.96. The number of nitrogens with one attached hydrogen (secondary N) is 2. The molecule has 2 amide bonds. The molecule has 1 fully saturated rings. The van der Waals surface area contributed by atoms with E-state index in [9.17, 15) is 9.59 Å². The Hall–Kier alpha value is -1.59. The summed E-state index contributed by atoms with van der Waals surface area (Å²) in [4.78, 5) is 26.3. The highest BCUT2D eigenvalue weighted by Crippen LogP contribution is 2.15. The number of hydrogen-bond acceptors (Lipinski definition) is 3. The largest absolute Gasteiger partial charge is 0.347 e. The van der Waals surface area contributed by atoms with Gasteiger partial charge >= 0.3 is 0 Å². The summed E-state index contributed by atoms with van der Waals surface area (Å²) in [6.07, 6.45) is 1.67. The fraction of sp³-hybridized carbons (Fsp3) is 0.556. The summed E-state index contributed by atoms with van der Waals surface area (Å²) in [5, 5.41) is 6.15. The maximum absolute atomic E-state index is 12.3. The van der Waals surface area contributed by atoms with E-state index < -0.39 is 0 Å². The fourth-order valence-electron chi connectivity index (χ4n) is 2.97. The van der Waals surface area contributed by atoms with E-state index in [1.807, 2.05) is 37.3 Å². The highest BCUT2D eigenvalue weighted by molar-refractivity contribution is 5.86. The molecule has 134 valence electrons. The Labute approximate surface area is 150 Å². The average molecular weight is 354 g/mol. The van der Waals surface area contributed by atoms with Gasteiger partial charge in [0.1, 0.15) is 0 Å². The van der Waals surface area contributed by atoms with Gasteiger partial charge in [0.05, 0.1) is 6.54 Å². The van der Waals surface area contributed by atoms with Crippen molar-refractivity contribution in [1.29, 1.82) is 0 Å². The molecule has 6 heteroatoms. The van der Waals surface area contributed by atoms with E-state index in [-0.39, 0.29) is 36.7 Å². The third-order valence-electron chi connectivity index (χ3n) is 4.36. The number of benzene rings is 1. The second-order valence-electron chi connectivity index (χ2n) is 6.19. The normalized spacial score (nSPS) is 19.9. The van der Waals surface area contributed by atoms with Crippen LogP contribution in [-0.4, -0.2) is 42.4 Å². The molecule has 1 aliphatic heterocycles. The minimum atomic E-state index is -0.0355. The van der Waals surface area contributed by atoms with Gasteiger partial charge in [0, 0.05) is 25.0 Å². The Morgan fingerprint density at radius 3 is 2.62 bits per heavy atom. The van der Waals surface area contributed by atoms with Crippen LogP contribution < -0.4 is 10.6 Å².